The van der Waals surface area contributed by atoms with Crippen molar-refractivity contribution in [3.05, 3.63) is 29.8 Å². The molecule has 1 aliphatic heterocycles. The van der Waals surface area contributed by atoms with Crippen LogP contribution in [0.3, 0.4) is 0 Å². The highest BCUT2D eigenvalue weighted by molar-refractivity contribution is 7.80. The van der Waals surface area contributed by atoms with Crippen LogP contribution < -0.4 is 11.1 Å². The van der Waals surface area contributed by atoms with Gasteiger partial charge < -0.3 is 20.5 Å². The van der Waals surface area contributed by atoms with Gasteiger partial charge in [-0.2, -0.15) is 0 Å². The van der Waals surface area contributed by atoms with Crippen LogP contribution in [0, 0.1) is 0 Å². The molecule has 0 atom stereocenters. The number of carbonyl (C=O) groups is 1. The molecule has 0 radical (unpaired) electrons. The molecule has 0 saturated carbocycles. The van der Waals surface area contributed by atoms with Gasteiger partial charge in [0.1, 0.15) is 4.99 Å². The van der Waals surface area contributed by atoms with E-state index in [0.29, 0.717) is 24.3 Å². The summed E-state index contributed by atoms with van der Waals surface area (Å²) in [5.74, 6) is -0.106. The van der Waals surface area contributed by atoms with E-state index in [-0.39, 0.29) is 17.0 Å². The van der Waals surface area contributed by atoms with Gasteiger partial charge in [-0.25, -0.2) is 0 Å². The zero-order valence-electron chi connectivity index (χ0n) is 11.8. The number of ether oxygens (including phenoxy) is 2. The third-order valence-corrected chi connectivity index (χ3v) is 3.54. The number of carbonyl (C=O) groups excluding carboxylic acids is 1. The van der Waals surface area contributed by atoms with E-state index < -0.39 is 0 Å². The lowest BCUT2D eigenvalue weighted by Gasteiger charge is -2.22. The molecule has 0 aromatic heterocycles. The topological polar surface area (TPSA) is 73.6 Å². The van der Waals surface area contributed by atoms with Crippen molar-refractivity contribution in [1.29, 1.82) is 0 Å². The summed E-state index contributed by atoms with van der Waals surface area (Å²) in [6, 6.07) is 7.23. The highest BCUT2D eigenvalue weighted by Crippen LogP contribution is 2.15. The van der Waals surface area contributed by atoms with Crippen LogP contribution in [0.2, 0.25) is 0 Å². The van der Waals surface area contributed by atoms with Crippen molar-refractivity contribution in [2.45, 2.75) is 25.4 Å². The number of anilines is 1. The fraction of sp³-hybridized carbons (Fsp3) is 0.467. The Labute approximate surface area is 129 Å². The van der Waals surface area contributed by atoms with Gasteiger partial charge in [0.2, 0.25) is 5.91 Å². The summed E-state index contributed by atoms with van der Waals surface area (Å²) in [6.07, 6.45) is 2.30. The fourth-order valence-electron chi connectivity index (χ4n) is 2.18. The Hall–Kier alpha value is -1.50. The molecule has 1 aliphatic rings. The van der Waals surface area contributed by atoms with Gasteiger partial charge in [-0.1, -0.05) is 24.4 Å². The maximum absolute atomic E-state index is 11.9. The summed E-state index contributed by atoms with van der Waals surface area (Å²) < 4.78 is 10.9. The van der Waals surface area contributed by atoms with Gasteiger partial charge in [-0.05, 0) is 25.0 Å². The molecule has 1 heterocycles. The molecule has 21 heavy (non-hydrogen) atoms. The lowest BCUT2D eigenvalue weighted by molar-refractivity contribution is -0.118. The summed E-state index contributed by atoms with van der Waals surface area (Å²) >= 11 is 4.97. The highest BCUT2D eigenvalue weighted by atomic mass is 32.1. The van der Waals surface area contributed by atoms with Gasteiger partial charge >= 0.3 is 0 Å². The highest BCUT2D eigenvalue weighted by Gasteiger charge is 2.15. The van der Waals surface area contributed by atoms with Crippen molar-refractivity contribution in [1.82, 2.24) is 0 Å². The average Bonchev–Trinajstić information content (AvgIpc) is 2.48. The average molecular weight is 308 g/mol. The number of nitrogens with one attached hydrogen (secondary N) is 1. The van der Waals surface area contributed by atoms with E-state index in [1.807, 2.05) is 12.1 Å². The minimum Gasteiger partial charge on any atom is -0.389 e. The lowest BCUT2D eigenvalue weighted by Crippen LogP contribution is -2.25. The number of hydrogen-bond acceptors (Lipinski definition) is 4. The van der Waals surface area contributed by atoms with Gasteiger partial charge in [-0.15, -0.1) is 0 Å². The molecule has 0 spiro atoms. The molecule has 0 aliphatic carbocycles. The smallest absolute Gasteiger partial charge is 0.226 e. The SMILES string of the molecule is NC(=S)c1ccccc1NC(=O)CCOC1CCOCC1. The summed E-state index contributed by atoms with van der Waals surface area (Å²) in [5.41, 5.74) is 6.94. The maximum atomic E-state index is 11.9. The fourth-order valence-corrected chi connectivity index (χ4v) is 2.36. The molecule has 0 unspecified atom stereocenters. The zero-order valence-corrected chi connectivity index (χ0v) is 12.7. The van der Waals surface area contributed by atoms with Crippen LogP contribution in [0.4, 0.5) is 5.69 Å². The normalized spacial score (nSPS) is 15.6. The van der Waals surface area contributed by atoms with Crippen molar-refractivity contribution in [2.75, 3.05) is 25.1 Å². The first-order valence-electron chi connectivity index (χ1n) is 7.05. The van der Waals surface area contributed by atoms with E-state index >= 15 is 0 Å². The monoisotopic (exact) mass is 308 g/mol. The molecule has 6 heteroatoms. The third kappa shape index (κ3) is 5.08. The Morgan fingerprint density at radius 3 is 2.81 bits per heavy atom. The van der Waals surface area contributed by atoms with Gasteiger partial charge in [0.05, 0.1) is 24.8 Å². The van der Waals surface area contributed by atoms with Crippen LogP contribution in [0.25, 0.3) is 0 Å². The van der Waals surface area contributed by atoms with Crippen molar-refractivity contribution in [3.8, 4) is 0 Å². The number of hydrogen-bond donors (Lipinski definition) is 2. The second kappa shape index (κ2) is 8.07. The van der Waals surface area contributed by atoms with Gasteiger partial charge in [0.15, 0.2) is 0 Å². The number of rotatable bonds is 6. The molecular weight excluding hydrogens is 288 g/mol. The molecule has 114 valence electrons. The van der Waals surface area contributed by atoms with E-state index in [9.17, 15) is 4.79 Å². The van der Waals surface area contributed by atoms with Crippen LogP contribution >= 0.6 is 12.2 Å². The molecule has 1 aromatic carbocycles. The maximum Gasteiger partial charge on any atom is 0.226 e. The summed E-state index contributed by atoms with van der Waals surface area (Å²) in [7, 11) is 0. The van der Waals surface area contributed by atoms with E-state index in [2.05, 4.69) is 5.32 Å². The van der Waals surface area contributed by atoms with Crippen molar-refractivity contribution >= 4 is 28.8 Å². The van der Waals surface area contributed by atoms with E-state index in [0.717, 1.165) is 26.1 Å². The molecular formula is C15H20N2O3S. The zero-order chi connectivity index (χ0) is 15.1. The van der Waals surface area contributed by atoms with Crippen LogP contribution in [0.5, 0.6) is 0 Å². The molecule has 1 aromatic rings. The molecule has 3 N–H and O–H groups in total. The minimum absolute atomic E-state index is 0.106. The molecule has 1 fully saturated rings. The molecule has 5 nitrogen and oxygen atoms in total. The Bertz CT molecular complexity index is 501. The summed E-state index contributed by atoms with van der Waals surface area (Å²) in [5, 5.41) is 2.82. The van der Waals surface area contributed by atoms with Gasteiger partial charge in [0, 0.05) is 18.8 Å². The first kappa shape index (κ1) is 15.9. The number of para-hydroxylation sites is 1. The second-order valence-corrected chi connectivity index (χ2v) is 5.33. The van der Waals surface area contributed by atoms with Gasteiger partial charge in [0.25, 0.3) is 0 Å². The van der Waals surface area contributed by atoms with E-state index in [1.54, 1.807) is 12.1 Å². The molecule has 2 rings (SSSR count). The van der Waals surface area contributed by atoms with Crippen molar-refractivity contribution in [3.63, 3.8) is 0 Å². The quantitative estimate of drug-likeness (QED) is 0.785. The first-order chi connectivity index (χ1) is 10.2. The molecule has 1 saturated heterocycles. The van der Waals surface area contributed by atoms with Gasteiger partial charge in [-0.3, -0.25) is 4.79 Å². The summed E-state index contributed by atoms with van der Waals surface area (Å²) in [4.78, 5) is 12.2. The third-order valence-electron chi connectivity index (χ3n) is 3.32. The molecule has 0 bridgehead atoms. The van der Waals surface area contributed by atoms with Crippen molar-refractivity contribution < 1.29 is 14.3 Å². The van der Waals surface area contributed by atoms with Crippen LogP contribution in [0.1, 0.15) is 24.8 Å². The first-order valence-corrected chi connectivity index (χ1v) is 7.45. The largest absolute Gasteiger partial charge is 0.389 e. The number of benzene rings is 1. The Balaban J connectivity index is 1.78. The second-order valence-electron chi connectivity index (χ2n) is 4.89. The van der Waals surface area contributed by atoms with E-state index in [1.165, 1.54) is 0 Å². The Morgan fingerprint density at radius 2 is 2.10 bits per heavy atom. The Kier molecular flexibility index (Phi) is 6.10. The van der Waals surface area contributed by atoms with Crippen LogP contribution in [-0.4, -0.2) is 36.8 Å². The number of thiocarbonyl (C=S) groups is 1. The lowest BCUT2D eigenvalue weighted by atomic mass is 10.1. The van der Waals surface area contributed by atoms with Crippen molar-refractivity contribution in [2.24, 2.45) is 5.73 Å². The minimum atomic E-state index is -0.106. The van der Waals surface area contributed by atoms with Crippen LogP contribution in [-0.2, 0) is 14.3 Å². The standard InChI is InChI=1S/C15H20N2O3S/c16-15(21)12-3-1-2-4-13(12)17-14(18)7-10-20-11-5-8-19-9-6-11/h1-4,11H,5-10H2,(H2,16,21)(H,17,18). The van der Waals surface area contributed by atoms with Crippen LogP contribution in [0.15, 0.2) is 24.3 Å². The predicted octanol–water partition coefficient (Wildman–Crippen LogP) is 1.85. The Morgan fingerprint density at radius 1 is 1.38 bits per heavy atom. The summed E-state index contributed by atoms with van der Waals surface area (Å²) in [6.45, 7) is 1.88. The number of amides is 1. The molecule has 1 amide bonds. The number of nitrogens with two attached hydrogens (primary N) is 1. The predicted molar refractivity (Wildman–Crippen MR) is 85.4 cm³/mol. The van der Waals surface area contributed by atoms with E-state index in [4.69, 9.17) is 27.4 Å².